The van der Waals surface area contributed by atoms with Crippen LogP contribution in [0.3, 0.4) is 0 Å². The number of anilines is 1. The number of carbonyl (C=O) groups is 1. The van der Waals surface area contributed by atoms with Crippen LogP contribution >= 0.6 is 28.1 Å². The number of phenols is 1. The van der Waals surface area contributed by atoms with Gasteiger partial charge in [-0.3, -0.25) is 10.1 Å². The summed E-state index contributed by atoms with van der Waals surface area (Å²) in [5.41, 5.74) is 1.83. The first-order chi connectivity index (χ1) is 12.3. The van der Waals surface area contributed by atoms with Crippen molar-refractivity contribution in [2.75, 3.05) is 11.9 Å². The van der Waals surface area contributed by atoms with Gasteiger partial charge in [-0.1, -0.05) is 19.9 Å². The van der Waals surface area contributed by atoms with E-state index in [-0.39, 0.29) is 16.8 Å². The topological polar surface area (TPSA) is 70.6 Å². The van der Waals surface area contributed by atoms with E-state index in [1.807, 2.05) is 6.92 Å². The van der Waals surface area contributed by atoms with Gasteiger partial charge in [0.25, 0.3) is 5.91 Å². The van der Waals surface area contributed by atoms with E-state index in [9.17, 15) is 9.90 Å². The first-order valence-electron chi connectivity index (χ1n) is 8.10. The van der Waals surface area contributed by atoms with Crippen molar-refractivity contribution in [2.45, 2.75) is 20.8 Å². The van der Waals surface area contributed by atoms with Gasteiger partial charge in [-0.05, 0) is 76.9 Å². The first-order valence-corrected chi connectivity index (χ1v) is 9.30. The molecule has 1 amide bonds. The monoisotopic (exact) mass is 436 g/mol. The highest BCUT2D eigenvalue weighted by Gasteiger charge is 2.12. The maximum absolute atomic E-state index is 12.4. The lowest BCUT2D eigenvalue weighted by atomic mass is 10.2. The van der Waals surface area contributed by atoms with E-state index in [1.54, 1.807) is 36.4 Å². The van der Waals surface area contributed by atoms with Crippen LogP contribution in [-0.4, -0.2) is 22.7 Å². The largest absolute Gasteiger partial charge is 0.506 e. The van der Waals surface area contributed by atoms with E-state index in [4.69, 9.17) is 17.0 Å². The van der Waals surface area contributed by atoms with Gasteiger partial charge in [0.05, 0.1) is 16.8 Å². The SMILES string of the molecule is Cc1ccc(O)c(NC(=S)NC(=O)c2ccc(OCC(C)C)c(Br)c2)c1. The second-order valence-electron chi connectivity index (χ2n) is 6.28. The minimum atomic E-state index is -0.356. The number of nitrogens with one attached hydrogen (secondary N) is 2. The Morgan fingerprint density at radius 1 is 1.27 bits per heavy atom. The smallest absolute Gasteiger partial charge is 0.257 e. The maximum Gasteiger partial charge on any atom is 0.257 e. The fraction of sp³-hybridized carbons (Fsp3) is 0.263. The van der Waals surface area contributed by atoms with Crippen molar-refractivity contribution in [3.63, 3.8) is 0 Å². The molecule has 5 nitrogen and oxygen atoms in total. The van der Waals surface area contributed by atoms with Crippen molar-refractivity contribution in [1.82, 2.24) is 5.32 Å². The zero-order chi connectivity index (χ0) is 19.3. The van der Waals surface area contributed by atoms with Crippen LogP contribution in [0.25, 0.3) is 0 Å². The average molecular weight is 437 g/mol. The molecular weight excluding hydrogens is 416 g/mol. The van der Waals surface area contributed by atoms with Gasteiger partial charge < -0.3 is 15.2 Å². The number of aromatic hydroxyl groups is 1. The van der Waals surface area contributed by atoms with Gasteiger partial charge in [0, 0.05) is 5.56 Å². The number of carbonyl (C=O) groups excluding carboxylic acids is 1. The van der Waals surface area contributed by atoms with Crippen molar-refractivity contribution in [3.8, 4) is 11.5 Å². The van der Waals surface area contributed by atoms with Gasteiger partial charge in [-0.25, -0.2) is 0 Å². The van der Waals surface area contributed by atoms with E-state index in [2.05, 4.69) is 40.4 Å². The third-order valence-electron chi connectivity index (χ3n) is 3.39. The summed E-state index contributed by atoms with van der Waals surface area (Å²) in [4.78, 5) is 12.4. The number of hydrogen-bond acceptors (Lipinski definition) is 4. The summed E-state index contributed by atoms with van der Waals surface area (Å²) in [6.45, 7) is 6.62. The molecule has 0 radical (unpaired) electrons. The lowest BCUT2D eigenvalue weighted by Gasteiger charge is -2.13. The average Bonchev–Trinajstić information content (AvgIpc) is 2.56. The minimum Gasteiger partial charge on any atom is -0.506 e. The molecule has 3 N–H and O–H groups in total. The Morgan fingerprint density at radius 2 is 2.00 bits per heavy atom. The Balaban J connectivity index is 2.01. The number of phenolic OH excluding ortho intramolecular Hbond substituents is 1. The van der Waals surface area contributed by atoms with Crippen molar-refractivity contribution >= 4 is 44.9 Å². The molecule has 2 rings (SSSR count). The molecule has 0 saturated carbocycles. The van der Waals surface area contributed by atoms with Crippen molar-refractivity contribution in [1.29, 1.82) is 0 Å². The number of thiocarbonyl (C=S) groups is 1. The Labute approximate surface area is 166 Å². The molecule has 0 aromatic heterocycles. The highest BCUT2D eigenvalue weighted by atomic mass is 79.9. The molecule has 0 aliphatic rings. The summed E-state index contributed by atoms with van der Waals surface area (Å²) in [5.74, 6) is 0.791. The van der Waals surface area contributed by atoms with Gasteiger partial charge in [0.1, 0.15) is 11.5 Å². The zero-order valence-corrected chi connectivity index (χ0v) is 17.2. The van der Waals surface area contributed by atoms with Crippen LogP contribution in [-0.2, 0) is 0 Å². The second-order valence-corrected chi connectivity index (χ2v) is 7.54. The molecular formula is C19H21BrN2O3S. The van der Waals surface area contributed by atoms with Crippen LogP contribution in [0, 0.1) is 12.8 Å². The summed E-state index contributed by atoms with van der Waals surface area (Å²) in [5, 5.41) is 15.4. The number of aryl methyl sites for hydroxylation is 1. The van der Waals surface area contributed by atoms with Gasteiger partial charge >= 0.3 is 0 Å². The summed E-state index contributed by atoms with van der Waals surface area (Å²) in [6, 6.07) is 10.2. The summed E-state index contributed by atoms with van der Waals surface area (Å²) >= 11 is 8.57. The Bertz CT molecular complexity index is 824. The molecule has 26 heavy (non-hydrogen) atoms. The fourth-order valence-corrected chi connectivity index (χ4v) is 2.79. The molecule has 0 atom stereocenters. The van der Waals surface area contributed by atoms with Gasteiger partial charge in [-0.15, -0.1) is 0 Å². The zero-order valence-electron chi connectivity index (χ0n) is 14.8. The molecule has 7 heteroatoms. The van der Waals surface area contributed by atoms with Crippen LogP contribution in [0.5, 0.6) is 11.5 Å². The number of benzene rings is 2. The predicted octanol–water partition coefficient (Wildman–Crippen LogP) is 4.62. The summed E-state index contributed by atoms with van der Waals surface area (Å²) in [6.07, 6.45) is 0. The molecule has 0 spiro atoms. The molecule has 138 valence electrons. The number of hydrogen-bond donors (Lipinski definition) is 3. The minimum absolute atomic E-state index is 0.0570. The van der Waals surface area contributed by atoms with Gasteiger partial charge in [-0.2, -0.15) is 0 Å². The molecule has 0 saturated heterocycles. The molecule has 0 unspecified atom stereocenters. The summed E-state index contributed by atoms with van der Waals surface area (Å²) in [7, 11) is 0. The molecule has 0 bridgehead atoms. The lowest BCUT2D eigenvalue weighted by Crippen LogP contribution is -2.34. The van der Waals surface area contributed by atoms with Gasteiger partial charge in [0.2, 0.25) is 0 Å². The quantitative estimate of drug-likeness (QED) is 0.470. The Morgan fingerprint density at radius 3 is 2.65 bits per heavy atom. The Hall–Kier alpha value is -2.12. The standard InChI is InChI=1S/C19H21BrN2O3S/c1-11(2)10-25-17-7-5-13(9-14(17)20)18(24)22-19(26)21-15-8-12(3)4-6-16(15)23/h4-9,11,23H,10H2,1-3H3,(H2,21,22,24,26). The van der Waals surface area contributed by atoms with E-state index >= 15 is 0 Å². The van der Waals surface area contributed by atoms with E-state index < -0.39 is 0 Å². The molecule has 2 aromatic carbocycles. The molecule has 0 aliphatic carbocycles. The number of ether oxygens (including phenoxy) is 1. The lowest BCUT2D eigenvalue weighted by molar-refractivity contribution is 0.0977. The van der Waals surface area contributed by atoms with Crippen LogP contribution in [0.15, 0.2) is 40.9 Å². The van der Waals surface area contributed by atoms with Crippen molar-refractivity contribution in [2.24, 2.45) is 5.92 Å². The highest BCUT2D eigenvalue weighted by molar-refractivity contribution is 9.10. The third kappa shape index (κ3) is 5.71. The molecule has 0 heterocycles. The number of halogens is 1. The molecule has 0 aliphatic heterocycles. The van der Waals surface area contributed by atoms with E-state index in [0.717, 1.165) is 5.56 Å². The van der Waals surface area contributed by atoms with Crippen molar-refractivity contribution in [3.05, 3.63) is 52.0 Å². The van der Waals surface area contributed by atoms with Crippen LogP contribution in [0.1, 0.15) is 29.8 Å². The van der Waals surface area contributed by atoms with E-state index in [0.29, 0.717) is 34.0 Å². The molecule has 0 fully saturated rings. The number of amides is 1. The van der Waals surface area contributed by atoms with Crippen LogP contribution in [0.2, 0.25) is 0 Å². The van der Waals surface area contributed by atoms with E-state index in [1.165, 1.54) is 0 Å². The first kappa shape index (κ1) is 20.2. The van der Waals surface area contributed by atoms with Crippen LogP contribution in [0.4, 0.5) is 5.69 Å². The predicted molar refractivity (Wildman–Crippen MR) is 111 cm³/mol. The van der Waals surface area contributed by atoms with Gasteiger partial charge in [0.15, 0.2) is 5.11 Å². The summed E-state index contributed by atoms with van der Waals surface area (Å²) < 4.78 is 6.37. The fourth-order valence-electron chi connectivity index (χ4n) is 2.09. The molecule has 2 aromatic rings. The third-order valence-corrected chi connectivity index (χ3v) is 4.22. The highest BCUT2D eigenvalue weighted by Crippen LogP contribution is 2.27. The number of rotatable bonds is 5. The maximum atomic E-state index is 12.4. The second kappa shape index (κ2) is 9.00. The normalized spacial score (nSPS) is 10.5. The Kier molecular flexibility index (Phi) is 6.99. The van der Waals surface area contributed by atoms with Crippen LogP contribution < -0.4 is 15.4 Å². The van der Waals surface area contributed by atoms with Crippen molar-refractivity contribution < 1.29 is 14.6 Å².